The Morgan fingerprint density at radius 1 is 1.55 bits per heavy atom. The van der Waals surface area contributed by atoms with Crippen LogP contribution in [0.1, 0.15) is 20.3 Å². The van der Waals surface area contributed by atoms with E-state index in [1.165, 1.54) is 6.92 Å². The predicted octanol–water partition coefficient (Wildman–Crippen LogP) is 0.301. The monoisotopic (exact) mass is 158 g/mol. The van der Waals surface area contributed by atoms with Crippen molar-refractivity contribution in [1.82, 2.24) is 0 Å². The highest BCUT2D eigenvalue weighted by Crippen LogP contribution is 2.01. The van der Waals surface area contributed by atoms with Crippen molar-refractivity contribution in [2.24, 2.45) is 5.92 Å². The SMILES string of the molecule is CC(=O)OC(=O)C(C)CC=O. The summed E-state index contributed by atoms with van der Waals surface area (Å²) in [6.07, 6.45) is 0.707. The summed E-state index contributed by atoms with van der Waals surface area (Å²) in [6.45, 7) is 2.67. The van der Waals surface area contributed by atoms with Crippen LogP contribution in [0.15, 0.2) is 0 Å². The van der Waals surface area contributed by atoms with Crippen molar-refractivity contribution in [2.75, 3.05) is 0 Å². The Morgan fingerprint density at radius 3 is 2.45 bits per heavy atom. The molecule has 0 saturated heterocycles. The maximum absolute atomic E-state index is 10.7. The summed E-state index contributed by atoms with van der Waals surface area (Å²) in [5, 5.41) is 0. The van der Waals surface area contributed by atoms with Crippen LogP contribution < -0.4 is 0 Å². The number of aldehydes is 1. The average molecular weight is 158 g/mol. The maximum Gasteiger partial charge on any atom is 0.316 e. The fourth-order valence-electron chi connectivity index (χ4n) is 0.483. The largest absolute Gasteiger partial charge is 0.393 e. The number of ether oxygens (including phenoxy) is 1. The molecule has 0 aliphatic rings. The highest BCUT2D eigenvalue weighted by Gasteiger charge is 2.15. The molecular weight excluding hydrogens is 148 g/mol. The van der Waals surface area contributed by atoms with Gasteiger partial charge in [-0.05, 0) is 0 Å². The lowest BCUT2D eigenvalue weighted by Gasteiger charge is -2.03. The Hall–Kier alpha value is -1.19. The molecule has 11 heavy (non-hydrogen) atoms. The van der Waals surface area contributed by atoms with E-state index >= 15 is 0 Å². The van der Waals surface area contributed by atoms with E-state index in [0.29, 0.717) is 6.29 Å². The van der Waals surface area contributed by atoms with E-state index in [0.717, 1.165) is 6.92 Å². The van der Waals surface area contributed by atoms with Crippen LogP contribution >= 0.6 is 0 Å². The van der Waals surface area contributed by atoms with Crippen LogP contribution in [-0.4, -0.2) is 18.2 Å². The molecule has 4 heteroatoms. The third-order valence-corrected chi connectivity index (χ3v) is 1.10. The van der Waals surface area contributed by atoms with Gasteiger partial charge in [-0.3, -0.25) is 9.59 Å². The van der Waals surface area contributed by atoms with Gasteiger partial charge in [-0.15, -0.1) is 0 Å². The quantitative estimate of drug-likeness (QED) is 0.336. The van der Waals surface area contributed by atoms with Crippen molar-refractivity contribution in [1.29, 1.82) is 0 Å². The zero-order chi connectivity index (χ0) is 8.85. The minimum Gasteiger partial charge on any atom is -0.393 e. The molecule has 0 saturated carbocycles. The first kappa shape index (κ1) is 9.81. The topological polar surface area (TPSA) is 60.4 Å². The fraction of sp³-hybridized carbons (Fsp3) is 0.571. The molecule has 0 amide bonds. The van der Waals surface area contributed by atoms with Gasteiger partial charge in [0.25, 0.3) is 0 Å². The Balaban J connectivity index is 3.82. The molecule has 1 atom stereocenters. The molecule has 0 aliphatic carbocycles. The van der Waals surface area contributed by atoms with Crippen molar-refractivity contribution in [2.45, 2.75) is 20.3 Å². The summed E-state index contributed by atoms with van der Waals surface area (Å²) in [4.78, 5) is 30.9. The summed E-state index contributed by atoms with van der Waals surface area (Å²) in [7, 11) is 0. The fourth-order valence-corrected chi connectivity index (χ4v) is 0.483. The Bertz CT molecular complexity index is 173. The number of rotatable bonds is 3. The van der Waals surface area contributed by atoms with Crippen LogP contribution in [0, 0.1) is 5.92 Å². The van der Waals surface area contributed by atoms with E-state index in [1.807, 2.05) is 0 Å². The average Bonchev–Trinajstić information content (AvgIpc) is 1.86. The lowest BCUT2D eigenvalue weighted by atomic mass is 10.1. The normalized spacial score (nSPS) is 11.8. The van der Waals surface area contributed by atoms with Gasteiger partial charge in [0.05, 0.1) is 5.92 Å². The Labute approximate surface area is 64.5 Å². The molecule has 0 aromatic carbocycles. The van der Waals surface area contributed by atoms with Gasteiger partial charge in [-0.1, -0.05) is 6.92 Å². The van der Waals surface area contributed by atoms with Crippen molar-refractivity contribution in [3.63, 3.8) is 0 Å². The molecule has 0 rings (SSSR count). The highest BCUT2D eigenvalue weighted by molar-refractivity contribution is 5.86. The zero-order valence-electron chi connectivity index (χ0n) is 6.49. The third kappa shape index (κ3) is 4.25. The molecule has 0 N–H and O–H groups in total. The predicted molar refractivity (Wildman–Crippen MR) is 36.6 cm³/mol. The maximum atomic E-state index is 10.7. The second-order valence-electron chi connectivity index (χ2n) is 2.22. The number of esters is 2. The highest BCUT2D eigenvalue weighted by atomic mass is 16.6. The first-order valence-electron chi connectivity index (χ1n) is 3.23. The lowest BCUT2D eigenvalue weighted by Crippen LogP contribution is -2.17. The molecule has 0 heterocycles. The molecule has 0 bridgehead atoms. The van der Waals surface area contributed by atoms with Crippen LogP contribution in [-0.2, 0) is 19.1 Å². The smallest absolute Gasteiger partial charge is 0.316 e. The van der Waals surface area contributed by atoms with E-state index in [2.05, 4.69) is 4.74 Å². The Kier molecular flexibility index (Phi) is 4.10. The molecule has 0 fully saturated rings. The minimum atomic E-state index is -0.649. The van der Waals surface area contributed by atoms with Crippen molar-refractivity contribution in [3.8, 4) is 0 Å². The molecule has 4 nitrogen and oxygen atoms in total. The first-order valence-corrected chi connectivity index (χ1v) is 3.23. The molecule has 1 unspecified atom stereocenters. The van der Waals surface area contributed by atoms with Gasteiger partial charge in [0, 0.05) is 13.3 Å². The second kappa shape index (κ2) is 4.60. The number of carbonyl (C=O) groups excluding carboxylic acids is 3. The van der Waals surface area contributed by atoms with Gasteiger partial charge in [0.1, 0.15) is 6.29 Å². The van der Waals surface area contributed by atoms with Crippen LogP contribution in [0.5, 0.6) is 0 Å². The van der Waals surface area contributed by atoms with Crippen molar-refractivity contribution < 1.29 is 19.1 Å². The molecule has 0 aromatic heterocycles. The summed E-state index contributed by atoms with van der Waals surface area (Å²) in [5.41, 5.74) is 0. The van der Waals surface area contributed by atoms with Crippen LogP contribution in [0.25, 0.3) is 0 Å². The molecule has 0 spiro atoms. The zero-order valence-corrected chi connectivity index (χ0v) is 6.49. The van der Waals surface area contributed by atoms with E-state index in [1.54, 1.807) is 0 Å². The van der Waals surface area contributed by atoms with Crippen molar-refractivity contribution >= 4 is 18.2 Å². The summed E-state index contributed by atoms with van der Waals surface area (Å²) >= 11 is 0. The van der Waals surface area contributed by atoms with Gasteiger partial charge in [0.15, 0.2) is 0 Å². The molecule has 0 aromatic rings. The van der Waals surface area contributed by atoms with Crippen LogP contribution in [0.4, 0.5) is 0 Å². The molecule has 62 valence electrons. The van der Waals surface area contributed by atoms with E-state index in [4.69, 9.17) is 0 Å². The summed E-state index contributed by atoms with van der Waals surface area (Å²) in [6, 6.07) is 0. The second-order valence-corrected chi connectivity index (χ2v) is 2.22. The number of carbonyl (C=O) groups is 3. The van der Waals surface area contributed by atoms with E-state index < -0.39 is 17.9 Å². The molecule has 0 radical (unpaired) electrons. The van der Waals surface area contributed by atoms with Gasteiger partial charge in [-0.2, -0.15) is 0 Å². The lowest BCUT2D eigenvalue weighted by molar-refractivity contribution is -0.161. The van der Waals surface area contributed by atoms with Crippen molar-refractivity contribution in [3.05, 3.63) is 0 Å². The molecule has 0 aliphatic heterocycles. The van der Waals surface area contributed by atoms with Crippen LogP contribution in [0.2, 0.25) is 0 Å². The van der Waals surface area contributed by atoms with E-state index in [-0.39, 0.29) is 6.42 Å². The number of hydrogen-bond donors (Lipinski definition) is 0. The van der Waals surface area contributed by atoms with Gasteiger partial charge < -0.3 is 9.53 Å². The van der Waals surface area contributed by atoms with Gasteiger partial charge >= 0.3 is 11.9 Å². The van der Waals surface area contributed by atoms with Gasteiger partial charge in [0.2, 0.25) is 0 Å². The summed E-state index contributed by atoms with van der Waals surface area (Å²) < 4.78 is 4.23. The molecular formula is C7H10O4. The minimum absolute atomic E-state index is 0.0894. The van der Waals surface area contributed by atoms with E-state index in [9.17, 15) is 14.4 Å². The first-order chi connectivity index (χ1) is 5.07. The van der Waals surface area contributed by atoms with Crippen LogP contribution in [0.3, 0.4) is 0 Å². The number of hydrogen-bond acceptors (Lipinski definition) is 4. The standard InChI is InChI=1S/C7H10O4/c1-5(3-4-8)7(10)11-6(2)9/h4-5H,3H2,1-2H3. The summed E-state index contributed by atoms with van der Waals surface area (Å²) in [5.74, 6) is -1.83. The van der Waals surface area contributed by atoms with Gasteiger partial charge in [-0.25, -0.2) is 0 Å². The Morgan fingerprint density at radius 2 is 2.09 bits per heavy atom. The third-order valence-electron chi connectivity index (χ3n) is 1.10.